The molecule has 4 rings (SSSR count). The Balaban J connectivity index is 1.70. The van der Waals surface area contributed by atoms with E-state index in [1.165, 1.54) is 0 Å². The third kappa shape index (κ3) is 4.85. The number of nitrogens with zero attached hydrogens (tertiary/aromatic N) is 3. The number of benzene rings is 2. The number of anilines is 1. The molecule has 0 bridgehead atoms. The summed E-state index contributed by atoms with van der Waals surface area (Å²) in [6.45, 7) is 2.50. The van der Waals surface area contributed by atoms with Crippen LogP contribution in [0, 0.1) is 0 Å². The molecule has 0 aliphatic carbocycles. The topological polar surface area (TPSA) is 47.4 Å². The molecule has 0 amide bonds. The number of carbonyl (C=O) groups excluding carboxylic acids is 1. The second-order valence-corrected chi connectivity index (χ2v) is 8.28. The van der Waals surface area contributed by atoms with Gasteiger partial charge >= 0.3 is 12.1 Å². The predicted octanol–water partition coefficient (Wildman–Crippen LogP) is 6.24. The van der Waals surface area contributed by atoms with Crippen molar-refractivity contribution >= 4 is 23.3 Å². The fourth-order valence-corrected chi connectivity index (χ4v) is 4.45. The number of hydrogen-bond acceptors (Lipinski definition) is 4. The maximum atomic E-state index is 14.0. The van der Waals surface area contributed by atoms with Crippen molar-refractivity contribution in [3.8, 4) is 11.1 Å². The van der Waals surface area contributed by atoms with Gasteiger partial charge in [0.15, 0.2) is 5.69 Å². The molecule has 2 aromatic carbocycles. The molecule has 0 spiro atoms. The van der Waals surface area contributed by atoms with Crippen molar-refractivity contribution in [2.24, 2.45) is 0 Å². The Bertz CT molecular complexity index is 1130. The van der Waals surface area contributed by atoms with E-state index in [-0.39, 0.29) is 6.61 Å². The summed E-state index contributed by atoms with van der Waals surface area (Å²) >= 11 is 6.29. The summed E-state index contributed by atoms with van der Waals surface area (Å²) in [5, 5.41) is 4.53. The van der Waals surface area contributed by atoms with Gasteiger partial charge in [-0.1, -0.05) is 48.0 Å². The average Bonchev–Trinajstić information content (AvgIpc) is 3.26. The fraction of sp³-hybridized carbons (Fsp3) is 0.333. The van der Waals surface area contributed by atoms with E-state index in [0.29, 0.717) is 31.0 Å². The van der Waals surface area contributed by atoms with Crippen LogP contribution in [0.25, 0.3) is 11.1 Å². The summed E-state index contributed by atoms with van der Waals surface area (Å²) in [6, 6.07) is 14.7. The zero-order valence-electron chi connectivity index (χ0n) is 18.0. The number of rotatable bonds is 5. The molecule has 9 heteroatoms. The molecule has 1 unspecified atom stereocenters. The molecule has 0 saturated carbocycles. The first-order chi connectivity index (χ1) is 15.8. The Hall–Kier alpha value is -3.00. The molecule has 1 fully saturated rings. The van der Waals surface area contributed by atoms with Crippen LogP contribution >= 0.6 is 11.6 Å². The van der Waals surface area contributed by atoms with E-state index in [2.05, 4.69) is 5.10 Å². The minimum Gasteiger partial charge on any atom is -0.462 e. The molecule has 0 N–H and O–H groups in total. The standard InChI is InChI=1S/C24H23ClF3N3O2/c1-2-33-23(32)20-14-29-31(22(20)24(26,27)28)18-9-6-12-30(15-18)21-13-17(25)10-11-19(21)16-7-4-3-5-8-16/h3-5,7-8,10-11,13-14,18H,2,6,9,12,15H2,1H3. The number of piperidine rings is 1. The summed E-state index contributed by atoms with van der Waals surface area (Å²) in [5.41, 5.74) is 1.16. The van der Waals surface area contributed by atoms with E-state index in [0.717, 1.165) is 27.7 Å². The zero-order valence-corrected chi connectivity index (χ0v) is 18.7. The predicted molar refractivity (Wildman–Crippen MR) is 121 cm³/mol. The van der Waals surface area contributed by atoms with Crippen molar-refractivity contribution in [2.75, 3.05) is 24.6 Å². The van der Waals surface area contributed by atoms with Gasteiger partial charge in [-0.15, -0.1) is 0 Å². The second-order valence-electron chi connectivity index (χ2n) is 7.84. The third-order valence-electron chi connectivity index (χ3n) is 5.69. The van der Waals surface area contributed by atoms with Gasteiger partial charge in [0.2, 0.25) is 0 Å². The van der Waals surface area contributed by atoms with Crippen LogP contribution in [0.15, 0.2) is 54.7 Å². The van der Waals surface area contributed by atoms with E-state index in [9.17, 15) is 18.0 Å². The van der Waals surface area contributed by atoms with Crippen LogP contribution < -0.4 is 4.90 Å². The van der Waals surface area contributed by atoms with Crippen LogP contribution in [-0.2, 0) is 10.9 Å². The second kappa shape index (κ2) is 9.47. The van der Waals surface area contributed by atoms with E-state index >= 15 is 0 Å². The Kier molecular flexibility index (Phi) is 6.65. The molecule has 3 aromatic rings. The highest BCUT2D eigenvalue weighted by atomic mass is 35.5. The van der Waals surface area contributed by atoms with Crippen LogP contribution in [0.2, 0.25) is 5.02 Å². The summed E-state index contributed by atoms with van der Waals surface area (Å²) in [6.07, 6.45) is -2.62. The van der Waals surface area contributed by atoms with Crippen LogP contribution in [0.4, 0.5) is 18.9 Å². The maximum absolute atomic E-state index is 14.0. The lowest BCUT2D eigenvalue weighted by molar-refractivity contribution is -0.145. The number of carbonyl (C=O) groups is 1. The number of aromatic nitrogens is 2. The molecule has 1 saturated heterocycles. The average molecular weight is 478 g/mol. The first-order valence-corrected chi connectivity index (χ1v) is 11.1. The lowest BCUT2D eigenvalue weighted by Gasteiger charge is -2.36. The molecule has 0 radical (unpaired) electrons. The third-order valence-corrected chi connectivity index (χ3v) is 5.92. The number of alkyl halides is 3. The molecule has 5 nitrogen and oxygen atoms in total. The lowest BCUT2D eigenvalue weighted by Crippen LogP contribution is -2.38. The zero-order chi connectivity index (χ0) is 23.6. The van der Waals surface area contributed by atoms with Gasteiger partial charge in [-0.05, 0) is 37.5 Å². The SMILES string of the molecule is CCOC(=O)c1cnn(C2CCCN(c3cc(Cl)ccc3-c3ccccc3)C2)c1C(F)(F)F. The van der Waals surface area contributed by atoms with Gasteiger partial charge in [-0.3, -0.25) is 4.68 Å². The van der Waals surface area contributed by atoms with E-state index < -0.39 is 29.4 Å². The van der Waals surface area contributed by atoms with E-state index in [4.69, 9.17) is 16.3 Å². The molecule has 1 aliphatic rings. The van der Waals surface area contributed by atoms with Crippen LogP contribution in [0.1, 0.15) is 41.9 Å². The number of esters is 1. The first-order valence-electron chi connectivity index (χ1n) is 10.7. The number of ether oxygens (including phenoxy) is 1. The molecular weight excluding hydrogens is 455 g/mol. The highest BCUT2D eigenvalue weighted by molar-refractivity contribution is 6.31. The van der Waals surface area contributed by atoms with Gasteiger partial charge < -0.3 is 9.64 Å². The summed E-state index contributed by atoms with van der Waals surface area (Å²) in [7, 11) is 0. The van der Waals surface area contributed by atoms with Crippen molar-refractivity contribution in [3.63, 3.8) is 0 Å². The molecule has 1 aromatic heterocycles. The minimum atomic E-state index is -4.74. The van der Waals surface area contributed by atoms with Crippen LogP contribution in [0.3, 0.4) is 0 Å². The number of halogens is 4. The van der Waals surface area contributed by atoms with Crippen LogP contribution in [-0.4, -0.2) is 35.4 Å². The van der Waals surface area contributed by atoms with Gasteiger partial charge in [0.05, 0.1) is 18.8 Å². The van der Waals surface area contributed by atoms with Crippen molar-refractivity contribution in [1.82, 2.24) is 9.78 Å². The molecule has 174 valence electrons. The molecule has 33 heavy (non-hydrogen) atoms. The monoisotopic (exact) mass is 477 g/mol. The molecule has 2 heterocycles. The van der Waals surface area contributed by atoms with E-state index in [1.807, 2.05) is 47.4 Å². The largest absolute Gasteiger partial charge is 0.462 e. The highest BCUT2D eigenvalue weighted by Crippen LogP contribution is 2.39. The Morgan fingerprint density at radius 1 is 1.21 bits per heavy atom. The van der Waals surface area contributed by atoms with Crippen molar-refractivity contribution < 1.29 is 22.7 Å². The van der Waals surface area contributed by atoms with Gasteiger partial charge in [-0.25, -0.2) is 4.79 Å². The lowest BCUT2D eigenvalue weighted by atomic mass is 9.99. The summed E-state index contributed by atoms with van der Waals surface area (Å²) in [5.74, 6) is -1.02. The smallest absolute Gasteiger partial charge is 0.433 e. The number of hydrogen-bond donors (Lipinski definition) is 0. The first kappa shape index (κ1) is 23.2. The van der Waals surface area contributed by atoms with Gasteiger partial charge in [-0.2, -0.15) is 18.3 Å². The highest BCUT2D eigenvalue weighted by Gasteiger charge is 2.42. The Morgan fingerprint density at radius 2 is 1.97 bits per heavy atom. The normalized spacial score (nSPS) is 16.6. The Morgan fingerprint density at radius 3 is 2.67 bits per heavy atom. The fourth-order valence-electron chi connectivity index (χ4n) is 4.28. The van der Waals surface area contributed by atoms with Crippen molar-refractivity contribution in [3.05, 3.63) is 71.0 Å². The Labute approximate surface area is 194 Å². The van der Waals surface area contributed by atoms with Gasteiger partial charge in [0, 0.05) is 29.4 Å². The molecule has 1 atom stereocenters. The van der Waals surface area contributed by atoms with Crippen molar-refractivity contribution in [1.29, 1.82) is 0 Å². The minimum absolute atomic E-state index is 0.0183. The summed E-state index contributed by atoms with van der Waals surface area (Å²) in [4.78, 5) is 14.2. The van der Waals surface area contributed by atoms with E-state index in [1.54, 1.807) is 13.0 Å². The van der Waals surface area contributed by atoms with Crippen molar-refractivity contribution in [2.45, 2.75) is 32.0 Å². The quantitative estimate of drug-likeness (QED) is 0.408. The molecule has 1 aliphatic heterocycles. The van der Waals surface area contributed by atoms with Crippen LogP contribution in [0.5, 0.6) is 0 Å². The summed E-state index contributed by atoms with van der Waals surface area (Å²) < 4.78 is 47.6. The van der Waals surface area contributed by atoms with Gasteiger partial charge in [0.1, 0.15) is 5.56 Å². The maximum Gasteiger partial charge on any atom is 0.433 e. The molecular formula is C24H23ClF3N3O2. The van der Waals surface area contributed by atoms with Gasteiger partial charge in [0.25, 0.3) is 0 Å².